The maximum absolute atomic E-state index is 6.28. The number of benzene rings is 1. The van der Waals surface area contributed by atoms with Crippen molar-refractivity contribution in [3.05, 3.63) is 29.8 Å². The summed E-state index contributed by atoms with van der Waals surface area (Å²) in [6.45, 7) is 4.33. The number of anilines is 1. The first-order valence-corrected chi connectivity index (χ1v) is 7.99. The molecule has 2 bridgehead atoms. The minimum absolute atomic E-state index is 0.336. The van der Waals surface area contributed by atoms with Gasteiger partial charge in [0.1, 0.15) is 0 Å². The minimum atomic E-state index is 0.336. The van der Waals surface area contributed by atoms with Gasteiger partial charge >= 0.3 is 0 Å². The molecule has 3 rings (SSSR count). The van der Waals surface area contributed by atoms with Crippen LogP contribution in [0.3, 0.4) is 0 Å². The lowest BCUT2D eigenvalue weighted by atomic mass is 9.81. The first-order chi connectivity index (χ1) is 9.56. The van der Waals surface area contributed by atoms with Crippen molar-refractivity contribution >= 4 is 5.69 Å². The molecule has 2 aliphatic rings. The molecule has 0 aromatic heterocycles. The molecule has 4 atom stereocenters. The number of ether oxygens (including phenoxy) is 1. The first kappa shape index (κ1) is 13.9. The average molecular weight is 273 g/mol. The SMILES string of the molecule is CC(C)O[C@@H]1[C@H]2CC[C@H](C2)[C@H]1c1ccc(N(C)C)cc1. The van der Waals surface area contributed by atoms with Crippen LogP contribution in [0, 0.1) is 11.8 Å². The highest BCUT2D eigenvalue weighted by Crippen LogP contribution is 2.54. The highest BCUT2D eigenvalue weighted by molar-refractivity contribution is 5.47. The first-order valence-electron chi connectivity index (χ1n) is 7.99. The normalized spacial score (nSPS) is 32.0. The smallest absolute Gasteiger partial charge is 0.0677 e. The number of hydrogen-bond acceptors (Lipinski definition) is 2. The van der Waals surface area contributed by atoms with Gasteiger partial charge in [-0.1, -0.05) is 12.1 Å². The lowest BCUT2D eigenvalue weighted by Crippen LogP contribution is -2.31. The van der Waals surface area contributed by atoms with Gasteiger partial charge in [0.05, 0.1) is 12.2 Å². The van der Waals surface area contributed by atoms with E-state index in [-0.39, 0.29) is 0 Å². The van der Waals surface area contributed by atoms with Crippen molar-refractivity contribution in [2.24, 2.45) is 11.8 Å². The van der Waals surface area contributed by atoms with Crippen LogP contribution < -0.4 is 4.90 Å². The van der Waals surface area contributed by atoms with Gasteiger partial charge in [-0.05, 0) is 62.6 Å². The maximum atomic E-state index is 6.28. The summed E-state index contributed by atoms with van der Waals surface area (Å²) in [6, 6.07) is 9.12. The quantitative estimate of drug-likeness (QED) is 0.820. The summed E-state index contributed by atoms with van der Waals surface area (Å²) in [7, 11) is 4.19. The molecule has 2 aliphatic carbocycles. The van der Waals surface area contributed by atoms with Crippen LogP contribution in [0.25, 0.3) is 0 Å². The van der Waals surface area contributed by atoms with Crippen molar-refractivity contribution < 1.29 is 4.74 Å². The molecule has 1 aromatic carbocycles. The maximum Gasteiger partial charge on any atom is 0.0677 e. The van der Waals surface area contributed by atoms with Gasteiger partial charge in [-0.2, -0.15) is 0 Å². The minimum Gasteiger partial charge on any atom is -0.378 e. The lowest BCUT2D eigenvalue weighted by Gasteiger charge is -2.33. The molecule has 0 spiro atoms. The second-order valence-electron chi connectivity index (χ2n) is 6.99. The van der Waals surface area contributed by atoms with E-state index in [0.29, 0.717) is 18.1 Å². The third-order valence-corrected chi connectivity index (χ3v) is 5.06. The molecule has 0 N–H and O–H groups in total. The Balaban J connectivity index is 1.83. The Kier molecular flexibility index (Phi) is 3.76. The molecule has 0 aliphatic heterocycles. The van der Waals surface area contributed by atoms with E-state index < -0.39 is 0 Å². The van der Waals surface area contributed by atoms with Crippen LogP contribution >= 0.6 is 0 Å². The van der Waals surface area contributed by atoms with E-state index in [0.717, 1.165) is 11.8 Å². The second kappa shape index (κ2) is 5.40. The zero-order valence-electron chi connectivity index (χ0n) is 13.2. The summed E-state index contributed by atoms with van der Waals surface area (Å²) in [5.41, 5.74) is 2.76. The largest absolute Gasteiger partial charge is 0.378 e. The molecule has 0 radical (unpaired) electrons. The lowest BCUT2D eigenvalue weighted by molar-refractivity contribution is -0.0339. The highest BCUT2D eigenvalue weighted by Gasteiger charge is 2.49. The average Bonchev–Trinajstić information content (AvgIpc) is 2.99. The number of fused-ring (bicyclic) bond motifs is 2. The van der Waals surface area contributed by atoms with Crippen molar-refractivity contribution in [2.45, 2.75) is 51.2 Å². The van der Waals surface area contributed by atoms with Gasteiger partial charge in [0.25, 0.3) is 0 Å². The van der Waals surface area contributed by atoms with Crippen LogP contribution in [-0.4, -0.2) is 26.3 Å². The fraction of sp³-hybridized carbons (Fsp3) is 0.667. The van der Waals surface area contributed by atoms with Gasteiger partial charge in [-0.15, -0.1) is 0 Å². The molecule has 110 valence electrons. The van der Waals surface area contributed by atoms with Crippen LogP contribution in [0.2, 0.25) is 0 Å². The third-order valence-electron chi connectivity index (χ3n) is 5.06. The highest BCUT2D eigenvalue weighted by atomic mass is 16.5. The Morgan fingerprint density at radius 2 is 1.70 bits per heavy atom. The molecular weight excluding hydrogens is 246 g/mol. The predicted molar refractivity (Wildman–Crippen MR) is 84.4 cm³/mol. The molecule has 2 nitrogen and oxygen atoms in total. The van der Waals surface area contributed by atoms with Crippen LogP contribution in [-0.2, 0) is 4.74 Å². The van der Waals surface area contributed by atoms with Gasteiger partial charge in [-0.25, -0.2) is 0 Å². The molecule has 2 fully saturated rings. The molecule has 2 saturated carbocycles. The van der Waals surface area contributed by atoms with E-state index in [2.05, 4.69) is 57.1 Å². The molecule has 20 heavy (non-hydrogen) atoms. The number of nitrogens with zero attached hydrogens (tertiary/aromatic N) is 1. The van der Waals surface area contributed by atoms with E-state index >= 15 is 0 Å². The summed E-state index contributed by atoms with van der Waals surface area (Å²) in [6.07, 6.45) is 4.91. The Bertz CT molecular complexity index is 451. The zero-order valence-corrected chi connectivity index (χ0v) is 13.2. The van der Waals surface area contributed by atoms with Gasteiger partial charge in [0.15, 0.2) is 0 Å². The standard InChI is InChI=1S/C18H27NO/c1-12(2)20-18-15-6-5-14(11-15)17(18)13-7-9-16(10-8-13)19(3)4/h7-10,12,14-15,17-18H,5-6,11H2,1-4H3/t14-,15+,17-,18-/m1/s1. The topological polar surface area (TPSA) is 12.5 Å². The molecule has 1 aromatic rings. The molecule has 0 saturated heterocycles. The van der Waals surface area contributed by atoms with Crippen molar-refractivity contribution in [3.63, 3.8) is 0 Å². The molecule has 0 amide bonds. The van der Waals surface area contributed by atoms with Crippen LogP contribution in [0.4, 0.5) is 5.69 Å². The summed E-state index contributed by atoms with van der Waals surface area (Å²) >= 11 is 0. The zero-order chi connectivity index (χ0) is 14.3. The van der Waals surface area contributed by atoms with Crippen molar-refractivity contribution in [1.82, 2.24) is 0 Å². The predicted octanol–water partition coefficient (Wildman–Crippen LogP) is 4.06. The van der Waals surface area contributed by atoms with E-state index in [4.69, 9.17) is 4.74 Å². The molecular formula is C18H27NO. The van der Waals surface area contributed by atoms with Crippen molar-refractivity contribution in [3.8, 4) is 0 Å². The van der Waals surface area contributed by atoms with Crippen molar-refractivity contribution in [1.29, 1.82) is 0 Å². The second-order valence-corrected chi connectivity index (χ2v) is 6.99. The molecule has 0 heterocycles. The summed E-state index contributed by atoms with van der Waals surface area (Å²) in [5, 5.41) is 0. The van der Waals surface area contributed by atoms with Gasteiger partial charge in [0.2, 0.25) is 0 Å². The van der Waals surface area contributed by atoms with E-state index in [9.17, 15) is 0 Å². The fourth-order valence-corrected chi connectivity index (χ4v) is 4.21. The van der Waals surface area contributed by atoms with E-state index in [1.54, 1.807) is 0 Å². The Morgan fingerprint density at radius 3 is 2.30 bits per heavy atom. The summed E-state index contributed by atoms with van der Waals surface area (Å²) < 4.78 is 6.28. The van der Waals surface area contributed by atoms with Crippen LogP contribution in [0.15, 0.2) is 24.3 Å². The number of hydrogen-bond donors (Lipinski definition) is 0. The van der Waals surface area contributed by atoms with Gasteiger partial charge in [-0.3, -0.25) is 0 Å². The van der Waals surface area contributed by atoms with Gasteiger partial charge in [0, 0.05) is 25.7 Å². The summed E-state index contributed by atoms with van der Waals surface area (Å²) in [5.74, 6) is 2.25. The summed E-state index contributed by atoms with van der Waals surface area (Å²) in [4.78, 5) is 2.16. The number of rotatable bonds is 4. The molecule has 0 unspecified atom stereocenters. The van der Waals surface area contributed by atoms with E-state index in [1.807, 2.05) is 0 Å². The van der Waals surface area contributed by atoms with Crippen molar-refractivity contribution in [2.75, 3.05) is 19.0 Å². The van der Waals surface area contributed by atoms with Crippen LogP contribution in [0.1, 0.15) is 44.6 Å². The van der Waals surface area contributed by atoms with Crippen LogP contribution in [0.5, 0.6) is 0 Å². The Labute approximate surface area is 123 Å². The molecule has 2 heteroatoms. The van der Waals surface area contributed by atoms with Gasteiger partial charge < -0.3 is 9.64 Å². The Hall–Kier alpha value is -1.02. The van der Waals surface area contributed by atoms with E-state index in [1.165, 1.54) is 30.5 Å². The Morgan fingerprint density at radius 1 is 1.05 bits per heavy atom. The monoisotopic (exact) mass is 273 g/mol. The fourth-order valence-electron chi connectivity index (χ4n) is 4.21. The third kappa shape index (κ3) is 2.46.